The molecule has 1 saturated heterocycles. The quantitative estimate of drug-likeness (QED) is 0.0261. The number of hydrogen-bond acceptors (Lipinski definition) is 8. The molecule has 9 nitrogen and oxygen atoms in total. The summed E-state index contributed by atoms with van der Waals surface area (Å²) in [6.45, 7) is 3.76. The van der Waals surface area contributed by atoms with Crippen molar-refractivity contribution in [2.45, 2.75) is 346 Å². The number of aliphatic hydroxyl groups is 5. The molecule has 444 valence electrons. The van der Waals surface area contributed by atoms with Gasteiger partial charge in [-0.15, -0.1) is 0 Å². The SMILES string of the molecule is CC/C=C\C/C=C\C/C=C\C/C=C\C/C=C\CCCCCCCCCCCCCCCCCCCCCC(=O)NC(COC1OC(CO)C(O)C(O)C1O)C(O)CCCCCCCCCCCCCCCCCCCC. The standard InChI is InChI=1S/C67H123NO8/c1-3-5-7-9-11-13-15-17-19-21-23-24-25-26-27-28-29-30-31-32-33-34-35-36-37-38-39-41-43-45-47-49-51-53-55-57-63(71)68-60(59-75-67-66(74)65(73)64(72)62(58-69)76-67)61(70)56-54-52-50-48-46-44-42-40-22-20-18-16-14-12-10-8-6-4-2/h5,7,11,13,17,19,23-24,26-27,60-62,64-67,69-70,72-74H,3-4,6,8-10,12,14-16,18,20-22,25,28-59H2,1-2H3,(H,68,71)/b7-5-,13-11-,19-17-,24-23-,27-26-. The van der Waals surface area contributed by atoms with E-state index in [2.05, 4.69) is 79.9 Å². The van der Waals surface area contributed by atoms with Gasteiger partial charge in [-0.25, -0.2) is 0 Å². The second kappa shape index (κ2) is 56.2. The number of nitrogens with one attached hydrogen (secondary N) is 1. The van der Waals surface area contributed by atoms with Crippen molar-refractivity contribution < 1.29 is 39.8 Å². The predicted molar refractivity (Wildman–Crippen MR) is 322 cm³/mol. The van der Waals surface area contributed by atoms with Crippen LogP contribution in [0.5, 0.6) is 0 Å². The molecule has 1 aliphatic rings. The van der Waals surface area contributed by atoms with Crippen LogP contribution in [0.2, 0.25) is 0 Å². The summed E-state index contributed by atoms with van der Waals surface area (Å²) < 4.78 is 11.3. The van der Waals surface area contributed by atoms with Crippen molar-refractivity contribution in [1.82, 2.24) is 5.32 Å². The first-order valence-corrected chi connectivity index (χ1v) is 32.5. The number of carbonyl (C=O) groups is 1. The van der Waals surface area contributed by atoms with Crippen LogP contribution in [0.1, 0.15) is 303 Å². The summed E-state index contributed by atoms with van der Waals surface area (Å²) in [4.78, 5) is 13.1. The number of allylic oxidation sites excluding steroid dienone is 10. The van der Waals surface area contributed by atoms with Gasteiger partial charge in [-0.2, -0.15) is 0 Å². The second-order valence-corrected chi connectivity index (χ2v) is 22.5. The maximum absolute atomic E-state index is 13.1. The van der Waals surface area contributed by atoms with Gasteiger partial charge >= 0.3 is 0 Å². The number of ether oxygens (including phenoxy) is 2. The highest BCUT2D eigenvalue weighted by atomic mass is 16.7. The highest BCUT2D eigenvalue weighted by Gasteiger charge is 2.44. The first-order valence-electron chi connectivity index (χ1n) is 32.5. The van der Waals surface area contributed by atoms with Gasteiger partial charge in [0.2, 0.25) is 5.91 Å². The zero-order valence-corrected chi connectivity index (χ0v) is 49.5. The van der Waals surface area contributed by atoms with E-state index in [1.165, 1.54) is 205 Å². The van der Waals surface area contributed by atoms with E-state index in [9.17, 15) is 30.3 Å². The minimum atomic E-state index is -1.55. The van der Waals surface area contributed by atoms with Crippen molar-refractivity contribution in [1.29, 1.82) is 0 Å². The maximum Gasteiger partial charge on any atom is 0.220 e. The molecule has 0 spiro atoms. The zero-order chi connectivity index (χ0) is 55.0. The Bertz CT molecular complexity index is 1380. The highest BCUT2D eigenvalue weighted by Crippen LogP contribution is 2.23. The van der Waals surface area contributed by atoms with Crippen LogP contribution in [0.4, 0.5) is 0 Å². The van der Waals surface area contributed by atoms with Gasteiger partial charge in [-0.1, -0.05) is 299 Å². The van der Waals surface area contributed by atoms with Crippen LogP contribution in [0.3, 0.4) is 0 Å². The van der Waals surface area contributed by atoms with Crippen molar-refractivity contribution in [2.24, 2.45) is 0 Å². The maximum atomic E-state index is 13.1. The third-order valence-corrected chi connectivity index (χ3v) is 15.4. The largest absolute Gasteiger partial charge is 0.394 e. The summed E-state index contributed by atoms with van der Waals surface area (Å²) in [5, 5.41) is 54.8. The first kappa shape index (κ1) is 71.9. The summed E-state index contributed by atoms with van der Waals surface area (Å²) >= 11 is 0. The lowest BCUT2D eigenvalue weighted by Crippen LogP contribution is -2.60. The van der Waals surface area contributed by atoms with Crippen LogP contribution in [0.15, 0.2) is 60.8 Å². The van der Waals surface area contributed by atoms with E-state index in [-0.39, 0.29) is 12.5 Å². The minimum absolute atomic E-state index is 0.136. The van der Waals surface area contributed by atoms with Gasteiger partial charge in [-0.3, -0.25) is 4.79 Å². The Morgan fingerprint density at radius 3 is 1.21 bits per heavy atom. The van der Waals surface area contributed by atoms with Gasteiger partial charge in [0.25, 0.3) is 0 Å². The lowest BCUT2D eigenvalue weighted by atomic mass is 9.99. The zero-order valence-electron chi connectivity index (χ0n) is 49.5. The molecule has 0 saturated carbocycles. The van der Waals surface area contributed by atoms with E-state index in [0.717, 1.165) is 70.6 Å². The van der Waals surface area contributed by atoms with E-state index in [4.69, 9.17) is 9.47 Å². The van der Waals surface area contributed by atoms with Gasteiger partial charge in [0, 0.05) is 6.42 Å². The van der Waals surface area contributed by atoms with Gasteiger partial charge in [-0.05, 0) is 57.8 Å². The first-order chi connectivity index (χ1) is 37.3. The fourth-order valence-electron chi connectivity index (χ4n) is 10.3. The van der Waals surface area contributed by atoms with Crippen molar-refractivity contribution >= 4 is 5.91 Å². The average Bonchev–Trinajstić information content (AvgIpc) is 3.42. The van der Waals surface area contributed by atoms with Gasteiger partial charge in [0.15, 0.2) is 6.29 Å². The fraction of sp³-hybridized carbons (Fsp3) is 0.836. The van der Waals surface area contributed by atoms with E-state index in [1.807, 2.05) is 0 Å². The molecule has 7 atom stereocenters. The summed E-state index contributed by atoms with van der Waals surface area (Å²) in [6.07, 6.45) is 69.8. The molecular formula is C67H123NO8. The summed E-state index contributed by atoms with van der Waals surface area (Å²) in [7, 11) is 0. The summed E-state index contributed by atoms with van der Waals surface area (Å²) in [5.74, 6) is -0.140. The Morgan fingerprint density at radius 2 is 0.816 bits per heavy atom. The molecule has 0 bridgehead atoms. The van der Waals surface area contributed by atoms with Crippen LogP contribution < -0.4 is 5.32 Å². The second-order valence-electron chi connectivity index (χ2n) is 22.5. The molecule has 1 aliphatic heterocycles. The molecule has 0 aliphatic carbocycles. The molecule has 7 unspecified atom stereocenters. The van der Waals surface area contributed by atoms with E-state index >= 15 is 0 Å². The molecular weight excluding hydrogens is 947 g/mol. The van der Waals surface area contributed by atoms with Crippen molar-refractivity contribution in [3.63, 3.8) is 0 Å². The van der Waals surface area contributed by atoms with Crippen molar-refractivity contribution in [3.8, 4) is 0 Å². The molecule has 1 heterocycles. The molecule has 0 aromatic heterocycles. The monoisotopic (exact) mass is 1070 g/mol. The van der Waals surface area contributed by atoms with Crippen LogP contribution in [0, 0.1) is 0 Å². The number of amides is 1. The molecule has 0 aromatic carbocycles. The van der Waals surface area contributed by atoms with Crippen molar-refractivity contribution in [2.75, 3.05) is 13.2 Å². The van der Waals surface area contributed by atoms with Crippen LogP contribution in [0.25, 0.3) is 0 Å². The van der Waals surface area contributed by atoms with Gasteiger partial charge < -0.3 is 40.3 Å². The Labute approximate surface area is 468 Å². The lowest BCUT2D eigenvalue weighted by Gasteiger charge is -2.40. The lowest BCUT2D eigenvalue weighted by molar-refractivity contribution is -0.302. The van der Waals surface area contributed by atoms with Crippen LogP contribution >= 0.6 is 0 Å². The molecule has 1 fully saturated rings. The average molecular weight is 1070 g/mol. The Balaban J connectivity index is 2.10. The molecule has 9 heteroatoms. The Morgan fingerprint density at radius 1 is 0.461 bits per heavy atom. The number of carbonyl (C=O) groups excluding carboxylic acids is 1. The summed E-state index contributed by atoms with van der Waals surface area (Å²) in [5.41, 5.74) is 0. The third-order valence-electron chi connectivity index (χ3n) is 15.4. The molecule has 6 N–H and O–H groups in total. The normalized spacial score (nSPS) is 19.2. The molecule has 0 aromatic rings. The van der Waals surface area contributed by atoms with Gasteiger partial charge in [0.05, 0.1) is 25.4 Å². The minimum Gasteiger partial charge on any atom is -0.394 e. The Hall–Kier alpha value is -2.11. The fourth-order valence-corrected chi connectivity index (χ4v) is 10.3. The van der Waals surface area contributed by atoms with E-state index in [1.54, 1.807) is 0 Å². The molecule has 1 amide bonds. The highest BCUT2D eigenvalue weighted by molar-refractivity contribution is 5.76. The molecule has 0 radical (unpaired) electrons. The summed E-state index contributed by atoms with van der Waals surface area (Å²) in [6, 6.07) is -0.720. The third kappa shape index (κ3) is 44.7. The predicted octanol–water partition coefficient (Wildman–Crippen LogP) is 17.0. The number of rotatable bonds is 56. The number of unbranched alkanes of at least 4 members (excludes halogenated alkanes) is 36. The van der Waals surface area contributed by atoms with E-state index < -0.39 is 49.5 Å². The smallest absolute Gasteiger partial charge is 0.220 e. The van der Waals surface area contributed by atoms with Crippen LogP contribution in [-0.2, 0) is 14.3 Å². The Kier molecular flexibility index (Phi) is 53.1. The molecule has 76 heavy (non-hydrogen) atoms. The molecule has 1 rings (SSSR count). The number of hydrogen-bond donors (Lipinski definition) is 6. The van der Waals surface area contributed by atoms with Crippen LogP contribution in [-0.4, -0.2) is 87.5 Å². The van der Waals surface area contributed by atoms with Gasteiger partial charge in [0.1, 0.15) is 24.4 Å². The van der Waals surface area contributed by atoms with Crippen molar-refractivity contribution in [3.05, 3.63) is 60.8 Å². The van der Waals surface area contributed by atoms with E-state index in [0.29, 0.717) is 12.8 Å². The topological polar surface area (TPSA) is 149 Å². The number of aliphatic hydroxyl groups excluding tert-OH is 5.